The molecule has 0 rings (SSSR count). The van der Waals surface area contributed by atoms with Crippen LogP contribution in [0.2, 0.25) is 0 Å². The highest BCUT2D eigenvalue weighted by atomic mass is 16.6. The molecule has 8 heavy (non-hydrogen) atoms. The number of hydrogen-bond acceptors (Lipinski definition) is 2. The lowest BCUT2D eigenvalue weighted by molar-refractivity contribution is 0.146. The van der Waals surface area contributed by atoms with E-state index < -0.39 is 0 Å². The molecule has 0 saturated carbocycles. The highest BCUT2D eigenvalue weighted by Gasteiger charge is 1.73. The molecule has 0 fully saturated rings. The van der Waals surface area contributed by atoms with Crippen molar-refractivity contribution in [3.8, 4) is 0 Å². The molecule has 48 valence electrons. The number of hydrogen-bond donors (Lipinski definition) is 0. The van der Waals surface area contributed by atoms with Crippen LogP contribution in [0.1, 0.15) is 26.7 Å². The quantitative estimate of drug-likeness (QED) is 0.311. The van der Waals surface area contributed by atoms with Crippen molar-refractivity contribution in [2.45, 2.75) is 26.7 Å². The van der Waals surface area contributed by atoms with Gasteiger partial charge in [-0.3, -0.25) is 0 Å². The van der Waals surface area contributed by atoms with E-state index >= 15 is 0 Å². The van der Waals surface area contributed by atoms with Crippen LogP contribution in [-0.4, -0.2) is 12.8 Å². The molecule has 0 amide bonds. The fourth-order valence-electron chi connectivity index (χ4n) is 0.271. The van der Waals surface area contributed by atoms with Gasteiger partial charge in [-0.2, -0.15) is 0 Å². The lowest BCUT2D eigenvalue weighted by Crippen LogP contribution is -1.83. The molecule has 0 heterocycles. The minimum absolute atomic E-state index is 0.733. The first-order chi connectivity index (χ1) is 3.91. The summed E-state index contributed by atoms with van der Waals surface area (Å²) in [6.07, 6.45) is 3.74. The van der Waals surface area contributed by atoms with Gasteiger partial charge in [0.1, 0.15) is 6.61 Å². The zero-order valence-electron chi connectivity index (χ0n) is 5.55. The standard InChI is InChI=1S/C6H13NO/c1-3-5-7-8-6-4-2/h5H,3-4,6H2,1-2H3/b7-5-. The second-order valence-electron chi connectivity index (χ2n) is 1.53. The van der Waals surface area contributed by atoms with Crippen molar-refractivity contribution < 1.29 is 4.84 Å². The topological polar surface area (TPSA) is 21.6 Å². The molecule has 0 atom stereocenters. The predicted octanol–water partition coefficient (Wildman–Crippen LogP) is 1.81. The summed E-state index contributed by atoms with van der Waals surface area (Å²) in [5.41, 5.74) is 0. The van der Waals surface area contributed by atoms with E-state index in [0.29, 0.717) is 0 Å². The number of nitrogens with zero attached hydrogens (tertiary/aromatic N) is 1. The monoisotopic (exact) mass is 115 g/mol. The van der Waals surface area contributed by atoms with Gasteiger partial charge in [0.2, 0.25) is 0 Å². The molecule has 0 N–H and O–H groups in total. The average Bonchev–Trinajstić information content (AvgIpc) is 1.81. The summed E-state index contributed by atoms with van der Waals surface area (Å²) in [7, 11) is 0. The van der Waals surface area contributed by atoms with Crippen LogP contribution in [0.25, 0.3) is 0 Å². The largest absolute Gasteiger partial charge is 0.396 e. The summed E-state index contributed by atoms with van der Waals surface area (Å²) in [6.45, 7) is 4.82. The van der Waals surface area contributed by atoms with Crippen LogP contribution in [0.5, 0.6) is 0 Å². The summed E-state index contributed by atoms with van der Waals surface area (Å²) in [5, 5.41) is 3.65. The minimum Gasteiger partial charge on any atom is -0.396 e. The first-order valence-corrected chi connectivity index (χ1v) is 3.05. The van der Waals surface area contributed by atoms with E-state index in [9.17, 15) is 0 Å². The van der Waals surface area contributed by atoms with Gasteiger partial charge in [0.05, 0.1) is 0 Å². The molecule has 0 bridgehead atoms. The summed E-state index contributed by atoms with van der Waals surface area (Å²) < 4.78 is 0. The fourth-order valence-corrected chi connectivity index (χ4v) is 0.271. The van der Waals surface area contributed by atoms with Gasteiger partial charge in [-0.05, 0) is 12.8 Å². The molecule has 0 aromatic rings. The van der Waals surface area contributed by atoms with Gasteiger partial charge >= 0.3 is 0 Å². The van der Waals surface area contributed by atoms with E-state index in [1.54, 1.807) is 6.21 Å². The summed E-state index contributed by atoms with van der Waals surface area (Å²) in [4.78, 5) is 4.79. The van der Waals surface area contributed by atoms with Gasteiger partial charge in [-0.1, -0.05) is 19.0 Å². The second-order valence-corrected chi connectivity index (χ2v) is 1.53. The first-order valence-electron chi connectivity index (χ1n) is 3.05. The number of oxime groups is 1. The van der Waals surface area contributed by atoms with Crippen molar-refractivity contribution in [2.24, 2.45) is 5.16 Å². The zero-order chi connectivity index (χ0) is 6.24. The van der Waals surface area contributed by atoms with E-state index in [-0.39, 0.29) is 0 Å². The van der Waals surface area contributed by atoms with Gasteiger partial charge in [0.15, 0.2) is 0 Å². The maximum Gasteiger partial charge on any atom is 0.116 e. The molecule has 0 aromatic heterocycles. The first kappa shape index (κ1) is 7.47. The third-order valence-corrected chi connectivity index (χ3v) is 0.627. The maximum absolute atomic E-state index is 4.79. The van der Waals surface area contributed by atoms with Gasteiger partial charge in [0.25, 0.3) is 0 Å². The van der Waals surface area contributed by atoms with Crippen LogP contribution in [0.15, 0.2) is 5.16 Å². The molecule has 0 spiro atoms. The molecule has 2 nitrogen and oxygen atoms in total. The molecule has 0 saturated heterocycles. The Morgan fingerprint density at radius 3 is 2.75 bits per heavy atom. The SMILES string of the molecule is CC/C=N\OCCC. The molecule has 0 aliphatic carbocycles. The lowest BCUT2D eigenvalue weighted by Gasteiger charge is -1.90. The Balaban J connectivity index is 2.80. The van der Waals surface area contributed by atoms with Gasteiger partial charge in [0, 0.05) is 6.21 Å². The van der Waals surface area contributed by atoms with Crippen molar-refractivity contribution in [1.82, 2.24) is 0 Å². The van der Waals surface area contributed by atoms with Crippen molar-refractivity contribution in [1.29, 1.82) is 0 Å². The van der Waals surface area contributed by atoms with E-state index in [0.717, 1.165) is 19.4 Å². The molecular formula is C6H13NO. The van der Waals surface area contributed by atoms with Crippen LogP contribution < -0.4 is 0 Å². The highest BCUT2D eigenvalue weighted by Crippen LogP contribution is 1.79. The smallest absolute Gasteiger partial charge is 0.116 e. The fraction of sp³-hybridized carbons (Fsp3) is 0.833. The van der Waals surface area contributed by atoms with Crippen molar-refractivity contribution in [2.75, 3.05) is 6.61 Å². The van der Waals surface area contributed by atoms with Crippen LogP contribution in [0.4, 0.5) is 0 Å². The van der Waals surface area contributed by atoms with Gasteiger partial charge in [-0.25, -0.2) is 0 Å². The highest BCUT2D eigenvalue weighted by molar-refractivity contribution is 5.55. The van der Waals surface area contributed by atoms with Crippen molar-refractivity contribution >= 4 is 6.21 Å². The van der Waals surface area contributed by atoms with E-state index in [4.69, 9.17) is 4.84 Å². The second kappa shape index (κ2) is 6.47. The Morgan fingerprint density at radius 2 is 2.25 bits per heavy atom. The molecule has 0 radical (unpaired) electrons. The predicted molar refractivity (Wildman–Crippen MR) is 35.0 cm³/mol. The summed E-state index contributed by atoms with van der Waals surface area (Å²) in [5.74, 6) is 0. The summed E-state index contributed by atoms with van der Waals surface area (Å²) in [6, 6.07) is 0. The molecule has 2 heteroatoms. The van der Waals surface area contributed by atoms with Crippen LogP contribution in [0, 0.1) is 0 Å². The third-order valence-electron chi connectivity index (χ3n) is 0.627. The Morgan fingerprint density at radius 1 is 1.50 bits per heavy atom. The summed E-state index contributed by atoms with van der Waals surface area (Å²) >= 11 is 0. The Bertz CT molecular complexity index is 61.5. The average molecular weight is 115 g/mol. The van der Waals surface area contributed by atoms with Crippen LogP contribution >= 0.6 is 0 Å². The zero-order valence-corrected chi connectivity index (χ0v) is 5.55. The van der Waals surface area contributed by atoms with Gasteiger partial charge < -0.3 is 4.84 Å². The normalized spacial score (nSPS) is 10.2. The molecule has 0 aliphatic heterocycles. The third kappa shape index (κ3) is 5.47. The Kier molecular flexibility index (Phi) is 6.04. The molecule has 0 aromatic carbocycles. The lowest BCUT2D eigenvalue weighted by atomic mass is 10.5. The Labute approximate surface area is 50.5 Å². The van der Waals surface area contributed by atoms with Crippen LogP contribution in [0.3, 0.4) is 0 Å². The minimum atomic E-state index is 0.733. The van der Waals surface area contributed by atoms with E-state index in [2.05, 4.69) is 12.1 Å². The Hall–Kier alpha value is -0.530. The van der Waals surface area contributed by atoms with Gasteiger partial charge in [-0.15, -0.1) is 0 Å². The molecular weight excluding hydrogens is 102 g/mol. The van der Waals surface area contributed by atoms with Crippen molar-refractivity contribution in [3.63, 3.8) is 0 Å². The van der Waals surface area contributed by atoms with E-state index in [1.165, 1.54) is 0 Å². The van der Waals surface area contributed by atoms with Crippen LogP contribution in [-0.2, 0) is 4.84 Å². The van der Waals surface area contributed by atoms with Crippen molar-refractivity contribution in [3.05, 3.63) is 0 Å². The number of rotatable bonds is 4. The molecule has 0 aliphatic rings. The maximum atomic E-state index is 4.79. The van der Waals surface area contributed by atoms with E-state index in [1.807, 2.05) is 6.92 Å². The molecule has 0 unspecified atom stereocenters.